The van der Waals surface area contributed by atoms with E-state index >= 15 is 0 Å². The number of nitrogens with zero attached hydrogens (tertiary/aromatic N) is 1. The van der Waals surface area contributed by atoms with E-state index in [1.165, 1.54) is 7.11 Å². The zero-order chi connectivity index (χ0) is 12.4. The van der Waals surface area contributed by atoms with Crippen LogP contribution < -0.4 is 0 Å². The van der Waals surface area contributed by atoms with Crippen LogP contribution >= 0.6 is 22.6 Å². The topological polar surface area (TPSA) is 55.0 Å². The molecule has 1 aromatic carbocycles. The summed E-state index contributed by atoms with van der Waals surface area (Å²) < 4.78 is 5.75. The number of aromatic amines is 1. The van der Waals surface area contributed by atoms with Crippen LogP contribution in [0.25, 0.3) is 11.4 Å². The quantitative estimate of drug-likeness (QED) is 0.675. The van der Waals surface area contributed by atoms with Crippen molar-refractivity contribution in [2.24, 2.45) is 0 Å². The van der Waals surface area contributed by atoms with Crippen molar-refractivity contribution < 1.29 is 9.53 Å². The van der Waals surface area contributed by atoms with E-state index in [-0.39, 0.29) is 0 Å². The van der Waals surface area contributed by atoms with E-state index in [2.05, 4.69) is 37.3 Å². The van der Waals surface area contributed by atoms with Gasteiger partial charge in [-0.3, -0.25) is 0 Å². The number of methoxy groups -OCH3 is 1. The Labute approximate surface area is 113 Å². The molecule has 88 valence electrons. The normalized spacial score (nSPS) is 10.3. The summed E-state index contributed by atoms with van der Waals surface area (Å²) >= 11 is 2.24. The van der Waals surface area contributed by atoms with E-state index in [4.69, 9.17) is 0 Å². The molecule has 0 spiro atoms. The third-order valence-corrected chi connectivity index (χ3v) is 3.33. The minimum Gasteiger partial charge on any atom is -0.464 e. The molecule has 0 amide bonds. The van der Waals surface area contributed by atoms with Gasteiger partial charge in [0.1, 0.15) is 5.82 Å². The highest BCUT2D eigenvalue weighted by molar-refractivity contribution is 14.1. The highest BCUT2D eigenvalue weighted by Crippen LogP contribution is 2.23. The lowest BCUT2D eigenvalue weighted by atomic mass is 10.2. The predicted molar refractivity (Wildman–Crippen MR) is 72.8 cm³/mol. The lowest BCUT2D eigenvalue weighted by Gasteiger charge is -1.99. The average molecular weight is 342 g/mol. The number of carbonyl (C=O) groups excluding carboxylic acids is 1. The second-order valence-electron chi connectivity index (χ2n) is 3.53. The summed E-state index contributed by atoms with van der Waals surface area (Å²) in [6.07, 6.45) is 0. The molecule has 2 rings (SSSR count). The Bertz CT molecular complexity index is 563. The molecule has 4 nitrogen and oxygen atoms in total. The Morgan fingerprint density at radius 2 is 2.12 bits per heavy atom. The van der Waals surface area contributed by atoms with E-state index < -0.39 is 5.97 Å². The van der Waals surface area contributed by atoms with Crippen LogP contribution in [-0.4, -0.2) is 23.0 Å². The van der Waals surface area contributed by atoms with Gasteiger partial charge in [0.25, 0.3) is 0 Å². The van der Waals surface area contributed by atoms with Gasteiger partial charge in [-0.25, -0.2) is 9.78 Å². The van der Waals surface area contributed by atoms with Gasteiger partial charge in [0.15, 0.2) is 5.69 Å². The molecule has 0 aliphatic heterocycles. The smallest absolute Gasteiger partial charge is 0.358 e. The molecule has 17 heavy (non-hydrogen) atoms. The first-order chi connectivity index (χ1) is 8.13. The monoisotopic (exact) mass is 342 g/mol. The zero-order valence-corrected chi connectivity index (χ0v) is 11.6. The first kappa shape index (κ1) is 12.1. The molecule has 0 aliphatic carbocycles. The number of rotatable bonds is 2. The van der Waals surface area contributed by atoms with E-state index in [0.29, 0.717) is 17.2 Å². The van der Waals surface area contributed by atoms with Gasteiger partial charge >= 0.3 is 5.97 Å². The molecule has 0 aliphatic rings. The minimum absolute atomic E-state index is 0.335. The number of hydrogen-bond donors (Lipinski definition) is 1. The summed E-state index contributed by atoms with van der Waals surface area (Å²) in [4.78, 5) is 18.8. The number of ether oxygens (including phenoxy) is 1. The Kier molecular flexibility index (Phi) is 3.46. The lowest BCUT2D eigenvalue weighted by molar-refractivity contribution is 0.0594. The van der Waals surface area contributed by atoms with Crippen LogP contribution in [0.3, 0.4) is 0 Å². The van der Waals surface area contributed by atoms with Crippen LogP contribution in [0.15, 0.2) is 24.3 Å². The van der Waals surface area contributed by atoms with Crippen molar-refractivity contribution >= 4 is 28.6 Å². The maximum atomic E-state index is 11.5. The van der Waals surface area contributed by atoms with E-state index in [0.717, 1.165) is 9.13 Å². The van der Waals surface area contributed by atoms with Crippen molar-refractivity contribution in [1.29, 1.82) is 0 Å². The molecule has 1 aromatic heterocycles. The van der Waals surface area contributed by atoms with Crippen molar-refractivity contribution in [3.8, 4) is 11.4 Å². The van der Waals surface area contributed by atoms with Gasteiger partial charge in [-0.05, 0) is 35.6 Å². The van der Waals surface area contributed by atoms with Gasteiger partial charge in [0, 0.05) is 14.8 Å². The number of imidazole rings is 1. The zero-order valence-electron chi connectivity index (χ0n) is 9.45. The molecule has 2 aromatic rings. The van der Waals surface area contributed by atoms with Crippen molar-refractivity contribution in [3.63, 3.8) is 0 Å². The fourth-order valence-corrected chi connectivity index (χ4v) is 2.18. The summed E-state index contributed by atoms with van der Waals surface area (Å²) in [5.74, 6) is 0.267. The summed E-state index contributed by atoms with van der Waals surface area (Å²) in [7, 11) is 1.35. The number of nitrogens with one attached hydrogen (secondary N) is 1. The fourth-order valence-electron chi connectivity index (χ4n) is 1.54. The molecule has 0 unspecified atom stereocenters. The lowest BCUT2D eigenvalue weighted by Crippen LogP contribution is -2.03. The molecule has 0 saturated heterocycles. The number of aromatic nitrogens is 2. The maximum Gasteiger partial charge on any atom is 0.358 e. The molecule has 0 radical (unpaired) electrons. The van der Waals surface area contributed by atoms with Crippen LogP contribution in [-0.2, 0) is 4.74 Å². The fraction of sp³-hybridized carbons (Fsp3) is 0.167. The Morgan fingerprint density at radius 1 is 1.41 bits per heavy atom. The number of halogens is 1. The molecule has 0 bridgehead atoms. The van der Waals surface area contributed by atoms with Crippen LogP contribution in [0.2, 0.25) is 0 Å². The number of esters is 1. The van der Waals surface area contributed by atoms with Gasteiger partial charge in [-0.15, -0.1) is 0 Å². The number of hydrogen-bond acceptors (Lipinski definition) is 3. The molecule has 0 saturated carbocycles. The molecule has 5 heteroatoms. The first-order valence-electron chi connectivity index (χ1n) is 5.03. The third kappa shape index (κ3) is 2.33. The number of carbonyl (C=O) groups is 1. The summed E-state index contributed by atoms with van der Waals surface area (Å²) in [6.45, 7) is 1.80. The summed E-state index contributed by atoms with van der Waals surface area (Å²) in [5.41, 5.74) is 2.03. The second-order valence-corrected chi connectivity index (χ2v) is 4.69. The maximum absolute atomic E-state index is 11.5. The Balaban J connectivity index is 2.49. The molecule has 1 heterocycles. The molecular weight excluding hydrogens is 331 g/mol. The minimum atomic E-state index is -0.420. The molecule has 1 N–H and O–H groups in total. The molecule has 0 fully saturated rings. The van der Waals surface area contributed by atoms with E-state index in [9.17, 15) is 4.79 Å². The van der Waals surface area contributed by atoms with Crippen molar-refractivity contribution in [1.82, 2.24) is 9.97 Å². The van der Waals surface area contributed by atoms with Crippen molar-refractivity contribution in [2.45, 2.75) is 6.92 Å². The van der Waals surface area contributed by atoms with E-state index in [1.807, 2.05) is 24.3 Å². The second kappa shape index (κ2) is 4.87. The van der Waals surface area contributed by atoms with Gasteiger partial charge in [-0.1, -0.05) is 18.2 Å². The van der Waals surface area contributed by atoms with Crippen molar-refractivity contribution in [2.75, 3.05) is 7.11 Å². The van der Waals surface area contributed by atoms with Gasteiger partial charge in [-0.2, -0.15) is 0 Å². The number of H-pyrrole nitrogens is 1. The predicted octanol–water partition coefficient (Wildman–Crippen LogP) is 2.78. The van der Waals surface area contributed by atoms with Crippen LogP contribution in [0.1, 0.15) is 16.2 Å². The van der Waals surface area contributed by atoms with Gasteiger partial charge in [0.05, 0.1) is 7.11 Å². The van der Waals surface area contributed by atoms with Crippen LogP contribution in [0.5, 0.6) is 0 Å². The number of aryl methyl sites for hydroxylation is 1. The summed E-state index contributed by atoms with van der Waals surface area (Å²) in [6, 6.07) is 7.85. The van der Waals surface area contributed by atoms with Crippen LogP contribution in [0.4, 0.5) is 0 Å². The van der Waals surface area contributed by atoms with Gasteiger partial charge < -0.3 is 9.72 Å². The largest absolute Gasteiger partial charge is 0.464 e. The Morgan fingerprint density at radius 3 is 2.76 bits per heavy atom. The van der Waals surface area contributed by atoms with Crippen LogP contribution in [0, 0.1) is 10.5 Å². The SMILES string of the molecule is COC(=O)c1nc(-c2ccccc2I)[nH]c1C. The standard InChI is InChI=1S/C12H11IN2O2/c1-7-10(12(16)17-2)15-11(14-7)8-5-3-4-6-9(8)13/h3-6H,1-2H3,(H,14,15). The third-order valence-electron chi connectivity index (χ3n) is 2.39. The molecular formula is C12H11IN2O2. The highest BCUT2D eigenvalue weighted by atomic mass is 127. The average Bonchev–Trinajstić information content (AvgIpc) is 2.71. The summed E-state index contributed by atoms with van der Waals surface area (Å²) in [5, 5.41) is 0. The van der Waals surface area contributed by atoms with Gasteiger partial charge in [0.2, 0.25) is 0 Å². The van der Waals surface area contributed by atoms with E-state index in [1.54, 1.807) is 6.92 Å². The first-order valence-corrected chi connectivity index (χ1v) is 6.11. The number of benzene rings is 1. The molecule has 0 atom stereocenters. The van der Waals surface area contributed by atoms with Crippen molar-refractivity contribution in [3.05, 3.63) is 39.2 Å². The highest BCUT2D eigenvalue weighted by Gasteiger charge is 2.16. The Hall–Kier alpha value is -1.37.